The van der Waals surface area contributed by atoms with Crippen molar-refractivity contribution in [2.24, 2.45) is 13.0 Å². The van der Waals surface area contributed by atoms with E-state index in [0.717, 1.165) is 0 Å². The zero-order chi connectivity index (χ0) is 15.3. The summed E-state index contributed by atoms with van der Waals surface area (Å²) in [6, 6.07) is -0.749. The first-order valence-electron chi connectivity index (χ1n) is 6.48. The summed E-state index contributed by atoms with van der Waals surface area (Å²) in [6.45, 7) is 3.88. The predicted molar refractivity (Wildman–Crippen MR) is 72.5 cm³/mol. The smallest absolute Gasteiger partial charge is 0.320 e. The van der Waals surface area contributed by atoms with Crippen LogP contribution in [0.15, 0.2) is 12.5 Å². The van der Waals surface area contributed by atoms with Gasteiger partial charge < -0.3 is 20.1 Å². The van der Waals surface area contributed by atoms with Crippen LogP contribution in [0.3, 0.4) is 0 Å². The van der Waals surface area contributed by atoms with Gasteiger partial charge in [-0.2, -0.15) is 0 Å². The number of carboxylic acid groups (broad SMARTS) is 2. The Balaban J connectivity index is 2.71. The van der Waals surface area contributed by atoms with E-state index in [9.17, 15) is 14.7 Å². The summed E-state index contributed by atoms with van der Waals surface area (Å²) in [7, 11) is 1.75. The van der Waals surface area contributed by atoms with Gasteiger partial charge in [-0.05, 0) is 12.3 Å². The van der Waals surface area contributed by atoms with E-state index in [1.807, 2.05) is 13.8 Å². The van der Waals surface area contributed by atoms with Gasteiger partial charge in [-0.1, -0.05) is 13.8 Å². The summed E-state index contributed by atoms with van der Waals surface area (Å²) in [5.74, 6) is -2.64. The number of rotatable bonds is 8. The number of aromatic nitrogens is 2. The molecule has 2 atom stereocenters. The van der Waals surface area contributed by atoms with Gasteiger partial charge in [-0.15, -0.1) is 0 Å². The minimum Gasteiger partial charge on any atom is -0.481 e. The Labute approximate surface area is 117 Å². The lowest BCUT2D eigenvalue weighted by molar-refractivity contribution is -0.142. The molecular weight excluding hydrogens is 262 g/mol. The summed E-state index contributed by atoms with van der Waals surface area (Å²) in [5, 5.41) is 21.2. The molecule has 7 nitrogen and oxygen atoms in total. The van der Waals surface area contributed by atoms with Gasteiger partial charge in [-0.3, -0.25) is 9.59 Å². The lowest BCUT2D eigenvalue weighted by Crippen LogP contribution is -2.41. The van der Waals surface area contributed by atoms with Crippen molar-refractivity contribution in [3.05, 3.63) is 18.2 Å². The quantitative estimate of drug-likeness (QED) is 0.648. The molecule has 7 heteroatoms. The van der Waals surface area contributed by atoms with E-state index in [0.29, 0.717) is 12.1 Å². The highest BCUT2D eigenvalue weighted by atomic mass is 16.4. The second kappa shape index (κ2) is 7.04. The average Bonchev–Trinajstić information content (AvgIpc) is 2.73. The zero-order valence-electron chi connectivity index (χ0n) is 11.9. The van der Waals surface area contributed by atoms with Crippen LogP contribution in [0.1, 0.15) is 31.9 Å². The fourth-order valence-corrected chi connectivity index (χ4v) is 1.93. The van der Waals surface area contributed by atoms with Crippen LogP contribution in [0.2, 0.25) is 0 Å². The van der Waals surface area contributed by atoms with Crippen molar-refractivity contribution in [2.45, 2.75) is 32.2 Å². The highest BCUT2D eigenvalue weighted by molar-refractivity contribution is 5.76. The molecule has 0 aliphatic heterocycles. The van der Waals surface area contributed by atoms with Crippen molar-refractivity contribution in [1.29, 1.82) is 0 Å². The van der Waals surface area contributed by atoms with Gasteiger partial charge in [0.2, 0.25) is 0 Å². The van der Waals surface area contributed by atoms with Crippen LogP contribution in [0.25, 0.3) is 0 Å². The second-order valence-electron chi connectivity index (χ2n) is 5.28. The van der Waals surface area contributed by atoms with Crippen LogP contribution in [-0.2, 0) is 16.6 Å². The molecule has 0 spiro atoms. The maximum atomic E-state index is 11.3. The Hall–Kier alpha value is -1.89. The Morgan fingerprint density at radius 1 is 1.35 bits per heavy atom. The molecule has 20 heavy (non-hydrogen) atoms. The minimum absolute atomic E-state index is 0.0377. The molecule has 0 aromatic carbocycles. The third kappa shape index (κ3) is 4.65. The van der Waals surface area contributed by atoms with Crippen molar-refractivity contribution in [3.8, 4) is 0 Å². The SMILES string of the molecule is CC(C)CC(NCC(C(=O)O)c1cn(C)cn1)C(=O)O. The highest BCUT2D eigenvalue weighted by Gasteiger charge is 2.25. The van der Waals surface area contributed by atoms with E-state index < -0.39 is 23.9 Å². The molecule has 112 valence electrons. The summed E-state index contributed by atoms with van der Waals surface area (Å²) >= 11 is 0. The van der Waals surface area contributed by atoms with Crippen molar-refractivity contribution in [2.75, 3.05) is 6.54 Å². The van der Waals surface area contributed by atoms with E-state index >= 15 is 0 Å². The minimum atomic E-state index is -1.02. The molecule has 0 bridgehead atoms. The van der Waals surface area contributed by atoms with E-state index in [2.05, 4.69) is 10.3 Å². The molecular formula is C13H21N3O4. The van der Waals surface area contributed by atoms with Gasteiger partial charge in [0.05, 0.1) is 12.0 Å². The van der Waals surface area contributed by atoms with Crippen LogP contribution in [-0.4, -0.2) is 44.3 Å². The Morgan fingerprint density at radius 3 is 2.40 bits per heavy atom. The van der Waals surface area contributed by atoms with E-state index in [1.54, 1.807) is 17.8 Å². The fraction of sp³-hybridized carbons (Fsp3) is 0.615. The average molecular weight is 283 g/mol. The number of nitrogens with one attached hydrogen (secondary N) is 1. The number of aryl methyl sites for hydroxylation is 1. The molecule has 2 unspecified atom stereocenters. The lowest BCUT2D eigenvalue weighted by atomic mass is 10.0. The van der Waals surface area contributed by atoms with Gasteiger partial charge in [0.25, 0.3) is 0 Å². The molecule has 1 rings (SSSR count). The maximum Gasteiger partial charge on any atom is 0.320 e. The number of carboxylic acids is 2. The molecule has 0 radical (unpaired) electrons. The predicted octanol–water partition coefficient (Wildman–Crippen LogP) is 0.677. The maximum absolute atomic E-state index is 11.3. The normalized spacial score (nSPS) is 14.2. The van der Waals surface area contributed by atoms with Gasteiger partial charge in [0, 0.05) is 19.8 Å². The van der Waals surface area contributed by atoms with Crippen molar-refractivity contribution >= 4 is 11.9 Å². The summed E-state index contributed by atoms with van der Waals surface area (Å²) in [6.07, 6.45) is 3.59. The molecule has 0 amide bonds. The number of hydrogen-bond donors (Lipinski definition) is 3. The fourth-order valence-electron chi connectivity index (χ4n) is 1.93. The largest absolute Gasteiger partial charge is 0.481 e. The van der Waals surface area contributed by atoms with Gasteiger partial charge in [0.1, 0.15) is 12.0 Å². The zero-order valence-corrected chi connectivity index (χ0v) is 11.9. The molecule has 0 saturated carbocycles. The van der Waals surface area contributed by atoms with E-state index in [4.69, 9.17) is 5.11 Å². The third-order valence-corrected chi connectivity index (χ3v) is 2.95. The number of nitrogens with zero attached hydrogens (tertiary/aromatic N) is 2. The molecule has 0 aliphatic rings. The molecule has 0 fully saturated rings. The molecule has 1 aromatic heterocycles. The highest BCUT2D eigenvalue weighted by Crippen LogP contribution is 2.14. The van der Waals surface area contributed by atoms with Crippen LogP contribution in [0.4, 0.5) is 0 Å². The topological polar surface area (TPSA) is 104 Å². The summed E-state index contributed by atoms with van der Waals surface area (Å²) in [5.41, 5.74) is 0.418. The summed E-state index contributed by atoms with van der Waals surface area (Å²) in [4.78, 5) is 26.4. The first-order valence-corrected chi connectivity index (χ1v) is 6.48. The second-order valence-corrected chi connectivity index (χ2v) is 5.28. The van der Waals surface area contributed by atoms with Gasteiger partial charge in [-0.25, -0.2) is 4.98 Å². The third-order valence-electron chi connectivity index (χ3n) is 2.95. The van der Waals surface area contributed by atoms with Gasteiger partial charge >= 0.3 is 11.9 Å². The first-order chi connectivity index (χ1) is 9.31. The van der Waals surface area contributed by atoms with Crippen molar-refractivity contribution < 1.29 is 19.8 Å². The Morgan fingerprint density at radius 2 is 2.00 bits per heavy atom. The van der Waals surface area contributed by atoms with E-state index in [-0.39, 0.29) is 12.5 Å². The molecule has 0 aliphatic carbocycles. The lowest BCUT2D eigenvalue weighted by Gasteiger charge is -2.18. The molecule has 1 aromatic rings. The van der Waals surface area contributed by atoms with Crippen LogP contribution < -0.4 is 5.32 Å². The Kier molecular flexibility index (Phi) is 5.69. The van der Waals surface area contributed by atoms with Crippen LogP contribution >= 0.6 is 0 Å². The molecule has 0 saturated heterocycles. The Bertz CT molecular complexity index is 470. The number of hydrogen-bond acceptors (Lipinski definition) is 4. The number of carbonyl (C=O) groups is 2. The molecule has 3 N–H and O–H groups in total. The monoisotopic (exact) mass is 283 g/mol. The summed E-state index contributed by atoms with van der Waals surface area (Å²) < 4.78 is 1.66. The number of aliphatic carboxylic acids is 2. The number of imidazole rings is 1. The van der Waals surface area contributed by atoms with Gasteiger partial charge in [0.15, 0.2) is 0 Å². The van der Waals surface area contributed by atoms with Crippen LogP contribution in [0.5, 0.6) is 0 Å². The van der Waals surface area contributed by atoms with E-state index in [1.165, 1.54) is 6.33 Å². The molecule has 1 heterocycles. The van der Waals surface area contributed by atoms with Crippen molar-refractivity contribution in [1.82, 2.24) is 14.9 Å². The van der Waals surface area contributed by atoms with Crippen LogP contribution in [0, 0.1) is 5.92 Å². The van der Waals surface area contributed by atoms with Crippen molar-refractivity contribution in [3.63, 3.8) is 0 Å². The standard InChI is InChI=1S/C13H21N3O4/c1-8(2)4-10(13(19)20)14-5-9(12(17)18)11-6-16(3)7-15-11/h6-10,14H,4-5H2,1-3H3,(H,17,18)(H,19,20). The first kappa shape index (κ1) is 16.2.